The van der Waals surface area contributed by atoms with Gasteiger partial charge in [0, 0.05) is 17.9 Å². The largest absolute Gasteiger partial charge is 0.341 e. The molecule has 0 radical (unpaired) electrons. The van der Waals surface area contributed by atoms with Crippen LogP contribution in [-0.2, 0) is 48.1 Å². The average molecular weight is 831 g/mol. The molecule has 0 aliphatic carbocycles. The van der Waals surface area contributed by atoms with Gasteiger partial charge in [-0.25, -0.2) is 0 Å². The molecule has 0 atom stereocenters. The summed E-state index contributed by atoms with van der Waals surface area (Å²) in [7, 11) is 0. The van der Waals surface area contributed by atoms with Gasteiger partial charge in [0.2, 0.25) is 11.8 Å². The van der Waals surface area contributed by atoms with Crippen molar-refractivity contribution in [2.45, 2.75) is 51.4 Å². The fraction of sp³-hybridized carbons (Fsp3) is 0.220. The van der Waals surface area contributed by atoms with Gasteiger partial charge in [-0.2, -0.15) is 5.26 Å². The quantitative estimate of drug-likeness (QED) is 0.175. The van der Waals surface area contributed by atoms with Crippen molar-refractivity contribution in [3.05, 3.63) is 179 Å². The Morgan fingerprint density at radius 1 is 0.500 bits per heavy atom. The number of aryl methyl sites for hydroxylation is 6. The summed E-state index contributed by atoms with van der Waals surface area (Å²) in [6, 6.07) is 51.6. The number of halogens is 1. The second-order valence-electron chi connectivity index (χ2n) is 14.5. The Morgan fingerprint density at radius 3 is 1.10 bits per heavy atom. The van der Waals surface area contributed by atoms with Crippen LogP contribution in [0.25, 0.3) is 0 Å². The van der Waals surface area contributed by atoms with E-state index in [1.54, 1.807) is 4.90 Å². The predicted octanol–water partition coefficient (Wildman–Crippen LogP) is 10.5. The molecule has 0 aromatic heterocycles. The topological polar surface area (TPSA) is 93.7 Å². The molecule has 0 fully saturated rings. The van der Waals surface area contributed by atoms with Crippen LogP contribution in [0.3, 0.4) is 0 Å². The van der Waals surface area contributed by atoms with E-state index in [0.29, 0.717) is 5.33 Å². The third kappa shape index (κ3) is 8.92. The molecule has 0 bridgehead atoms. The Bertz CT molecular complexity index is 2280. The van der Waals surface area contributed by atoms with Crippen molar-refractivity contribution < 1.29 is 9.59 Å². The number of hydrogen-bond donors (Lipinski definition) is 1. The third-order valence-electron chi connectivity index (χ3n) is 10.9. The molecule has 3 aliphatic rings. The van der Waals surface area contributed by atoms with Gasteiger partial charge in [-0.1, -0.05) is 125 Å². The van der Waals surface area contributed by atoms with E-state index in [2.05, 4.69) is 81.5 Å². The minimum Gasteiger partial charge on any atom is -0.341 e. The molecule has 0 unspecified atom stereocenters. The van der Waals surface area contributed by atoms with Crippen molar-refractivity contribution >= 4 is 61.9 Å². The van der Waals surface area contributed by atoms with Crippen molar-refractivity contribution in [1.29, 1.82) is 5.26 Å². The van der Waals surface area contributed by atoms with Gasteiger partial charge >= 0.3 is 0 Å². The number of nitrogens with two attached hydrogens (primary N) is 1. The first-order valence-corrected chi connectivity index (χ1v) is 21.2. The number of fused-ring (bicyclic) bond motifs is 6. The lowest BCUT2D eigenvalue weighted by Crippen LogP contribution is -2.27. The number of alkyl halides is 1. The summed E-state index contributed by atoms with van der Waals surface area (Å²) in [4.78, 5) is 30.7. The number of benzene rings is 6. The third-order valence-corrected chi connectivity index (χ3v) is 11.4. The molecule has 6 aromatic carbocycles. The van der Waals surface area contributed by atoms with Crippen LogP contribution in [0.4, 0.5) is 34.1 Å². The molecule has 58 heavy (non-hydrogen) atoms. The number of hydrogen-bond acceptors (Lipinski definition) is 5. The zero-order valence-electron chi connectivity index (χ0n) is 32.7. The Morgan fingerprint density at radius 2 is 0.793 bits per heavy atom. The SMILES string of the molecule is N#CCC(=O)N1c2ccccc2CCc2ccccc21.NCCCN1c2ccccc2CCc2ccccc21.O=C(CBr)N1c2ccccc2CCc2ccccc21. The Kier molecular flexibility index (Phi) is 13.5. The van der Waals surface area contributed by atoms with Gasteiger partial charge < -0.3 is 10.6 Å². The van der Waals surface area contributed by atoms with Crippen molar-refractivity contribution in [2.24, 2.45) is 5.73 Å². The molecule has 0 saturated carbocycles. The lowest BCUT2D eigenvalue weighted by atomic mass is 10.0. The molecule has 0 spiro atoms. The number of carbonyl (C=O) groups is 2. The highest BCUT2D eigenvalue weighted by molar-refractivity contribution is 9.09. The highest BCUT2D eigenvalue weighted by Gasteiger charge is 2.26. The Labute approximate surface area is 350 Å². The summed E-state index contributed by atoms with van der Waals surface area (Å²) in [5.74, 6) is -0.101. The van der Waals surface area contributed by atoms with E-state index < -0.39 is 0 Å². The summed E-state index contributed by atoms with van der Waals surface area (Å²) in [5.41, 5.74) is 19.9. The molecule has 292 valence electrons. The highest BCUT2D eigenvalue weighted by Crippen LogP contribution is 2.38. The summed E-state index contributed by atoms with van der Waals surface area (Å²) < 4.78 is 0. The maximum atomic E-state index is 12.4. The predicted molar refractivity (Wildman–Crippen MR) is 240 cm³/mol. The van der Waals surface area contributed by atoms with Crippen LogP contribution >= 0.6 is 15.9 Å². The van der Waals surface area contributed by atoms with E-state index in [1.807, 2.05) is 95.9 Å². The van der Waals surface area contributed by atoms with Gasteiger partial charge in [0.1, 0.15) is 6.42 Å². The molecule has 3 heterocycles. The molecular formula is C50H48BrN5O2. The molecule has 8 heteroatoms. The summed E-state index contributed by atoms with van der Waals surface area (Å²) in [6.45, 7) is 1.73. The minimum absolute atomic E-state index is 0.0711. The summed E-state index contributed by atoms with van der Waals surface area (Å²) in [6.07, 6.45) is 6.90. The first-order chi connectivity index (χ1) is 28.5. The van der Waals surface area contributed by atoms with Gasteiger partial charge in [-0.05, 0) is 121 Å². The normalized spacial score (nSPS) is 13.3. The molecule has 0 saturated heterocycles. The lowest BCUT2D eigenvalue weighted by Gasteiger charge is -2.26. The number of para-hydroxylation sites is 6. The van der Waals surface area contributed by atoms with E-state index >= 15 is 0 Å². The molecule has 6 aromatic rings. The number of rotatable bonds is 5. The number of nitriles is 1. The fourth-order valence-electron chi connectivity index (χ4n) is 8.16. The number of nitrogens with zero attached hydrogens (tertiary/aromatic N) is 4. The minimum atomic E-state index is -0.172. The first kappa shape index (κ1) is 40.2. The van der Waals surface area contributed by atoms with Gasteiger partial charge in [0.05, 0.1) is 34.1 Å². The number of anilines is 6. The van der Waals surface area contributed by atoms with Crippen LogP contribution < -0.4 is 20.4 Å². The molecule has 2 N–H and O–H groups in total. The molecular weight excluding hydrogens is 782 g/mol. The van der Waals surface area contributed by atoms with Gasteiger partial charge in [-0.15, -0.1) is 0 Å². The van der Waals surface area contributed by atoms with E-state index in [-0.39, 0.29) is 18.2 Å². The van der Waals surface area contributed by atoms with E-state index in [1.165, 1.54) is 33.6 Å². The van der Waals surface area contributed by atoms with E-state index in [4.69, 9.17) is 11.0 Å². The fourth-order valence-corrected chi connectivity index (χ4v) is 8.41. The van der Waals surface area contributed by atoms with Crippen molar-refractivity contribution in [3.63, 3.8) is 0 Å². The van der Waals surface area contributed by atoms with Gasteiger partial charge in [0.25, 0.3) is 0 Å². The maximum Gasteiger partial charge on any atom is 0.245 e. The van der Waals surface area contributed by atoms with Crippen molar-refractivity contribution in [2.75, 3.05) is 33.1 Å². The van der Waals surface area contributed by atoms with Crippen LogP contribution in [-0.4, -0.2) is 30.2 Å². The first-order valence-electron chi connectivity index (χ1n) is 20.1. The summed E-state index contributed by atoms with van der Waals surface area (Å²) in [5, 5.41) is 9.17. The lowest BCUT2D eigenvalue weighted by molar-refractivity contribution is -0.117. The monoisotopic (exact) mass is 829 g/mol. The van der Waals surface area contributed by atoms with Crippen molar-refractivity contribution in [3.8, 4) is 6.07 Å². The van der Waals surface area contributed by atoms with Crippen LogP contribution in [0.15, 0.2) is 146 Å². The maximum absolute atomic E-state index is 12.4. The smallest absolute Gasteiger partial charge is 0.245 e. The second kappa shape index (κ2) is 19.4. The molecule has 3 aliphatic heterocycles. The van der Waals surface area contributed by atoms with Crippen LogP contribution in [0, 0.1) is 11.3 Å². The zero-order valence-corrected chi connectivity index (χ0v) is 34.3. The summed E-state index contributed by atoms with van der Waals surface area (Å²) >= 11 is 3.29. The Balaban J connectivity index is 0.000000132. The Hall–Kier alpha value is -6.01. The van der Waals surface area contributed by atoms with E-state index in [0.717, 1.165) is 91.9 Å². The average Bonchev–Trinajstić information content (AvgIpc) is 3.63. The van der Waals surface area contributed by atoms with Crippen molar-refractivity contribution in [1.82, 2.24) is 0 Å². The standard InChI is InChI=1S/C17H14N2O.C17H20N2.C16H14BrNO/c18-12-11-17(20)19-15-7-3-1-5-13(15)9-10-14-6-2-4-8-16(14)19;18-12-5-13-19-16-8-3-1-6-14(16)10-11-15-7-2-4-9-17(15)19;17-11-16(19)18-14-7-3-1-5-12(14)9-10-13-6-2-4-8-15(13)18/h1-8H,9-11H2;1-4,6-9H,5,10-13,18H2;1-8H,9-11H2. The molecule has 7 nitrogen and oxygen atoms in total. The number of amides is 2. The van der Waals surface area contributed by atoms with Crippen LogP contribution in [0.1, 0.15) is 46.2 Å². The van der Waals surface area contributed by atoms with Gasteiger partial charge in [0.15, 0.2) is 0 Å². The van der Waals surface area contributed by atoms with Crippen LogP contribution in [0.5, 0.6) is 0 Å². The second-order valence-corrected chi connectivity index (χ2v) is 15.1. The van der Waals surface area contributed by atoms with E-state index in [9.17, 15) is 9.59 Å². The number of carbonyl (C=O) groups excluding carboxylic acids is 2. The zero-order chi connectivity index (χ0) is 40.3. The van der Waals surface area contributed by atoms with Crippen LogP contribution in [0.2, 0.25) is 0 Å². The molecule has 9 rings (SSSR count). The van der Waals surface area contributed by atoms with Gasteiger partial charge in [-0.3, -0.25) is 19.4 Å². The molecule has 2 amide bonds. The highest BCUT2D eigenvalue weighted by atomic mass is 79.9.